The van der Waals surface area contributed by atoms with Gasteiger partial charge in [-0.25, -0.2) is 0 Å². The lowest BCUT2D eigenvalue weighted by atomic mass is 9.34. The first-order chi connectivity index (χ1) is 44.7. The molecule has 6 nitrogen and oxygen atoms in total. The summed E-state index contributed by atoms with van der Waals surface area (Å²) in [6.07, 6.45) is 45.4. The normalized spacial score (nSPS) is 55.3. The van der Waals surface area contributed by atoms with Crippen molar-refractivity contribution in [3.8, 4) is 34.5 Å². The molecular weight excluding hydrogens is 1170 g/mol. The van der Waals surface area contributed by atoms with Gasteiger partial charge in [-0.2, -0.15) is 0 Å². The van der Waals surface area contributed by atoms with Gasteiger partial charge in [0.25, 0.3) is 0 Å². The molecule has 12 atom stereocenters. The first-order valence-corrected chi connectivity index (χ1v) is 40.6. The quantitative estimate of drug-likeness (QED) is 0.119. The molecule has 24 saturated carbocycles. The minimum absolute atomic E-state index is 0.0937. The lowest BCUT2D eigenvalue weighted by molar-refractivity contribution is -0.123. The van der Waals surface area contributed by atoms with Crippen molar-refractivity contribution in [2.45, 2.75) is 347 Å². The van der Waals surface area contributed by atoms with Crippen LogP contribution in [-0.4, -0.2) is 10.2 Å². The van der Waals surface area contributed by atoms with Crippen LogP contribution in [0.25, 0.3) is 0 Å². The summed E-state index contributed by atoms with van der Waals surface area (Å²) in [7, 11) is 0. The van der Waals surface area contributed by atoms with Crippen LogP contribution >= 0.6 is 0 Å². The number of aromatic hydroxyl groups is 2. The number of hydrogen-bond donors (Lipinski definition) is 4. The lowest BCUT2D eigenvalue weighted by Gasteiger charge is -2.70. The Morgan fingerprint density at radius 2 is 0.438 bits per heavy atom. The van der Waals surface area contributed by atoms with Crippen molar-refractivity contribution >= 4 is 11.4 Å². The molecule has 96 heavy (non-hydrogen) atoms. The van der Waals surface area contributed by atoms with E-state index in [4.69, 9.17) is 11.5 Å². The van der Waals surface area contributed by atoms with Crippen molar-refractivity contribution in [1.29, 1.82) is 0 Å². The maximum absolute atomic E-state index is 12.8. The van der Waals surface area contributed by atoms with E-state index in [2.05, 4.69) is 107 Å². The SMILES string of the molecule is CC12CC3CC(C)(C1)CC(c1cc(N)c(O)cc1Oc1c(C45CC6CC(C)(CC(C)(C6)C4)C5)c(C45CC6CC(C)(CC(C)(C6)C4)C5)c(Oc4cc(O)c(N)cc4C45CC6CC(C)(CC(C)(C6)C4)C5)c(C45CC6CC(C)(CC(C)(C6)C4)C5)c1C14CC5CC(C)(CC(C)(C5)C1)C4)(C3)C2. The van der Waals surface area contributed by atoms with Gasteiger partial charge in [-0.05, 0) is 344 Å². The largest absolute Gasteiger partial charge is 0.506 e. The summed E-state index contributed by atoms with van der Waals surface area (Å²) in [6, 6.07) is 8.88. The molecule has 0 aliphatic heterocycles. The van der Waals surface area contributed by atoms with Gasteiger partial charge in [0, 0.05) is 78.0 Å². The van der Waals surface area contributed by atoms with Crippen LogP contribution in [0.3, 0.4) is 0 Å². The maximum atomic E-state index is 12.8. The number of ether oxygens (including phenoxy) is 2. The number of anilines is 2. The first kappa shape index (κ1) is 61.2. The molecule has 6 N–H and O–H groups in total. The Bertz CT molecular complexity index is 3500. The average molecular weight is 1300 g/mol. The monoisotopic (exact) mass is 1300 g/mol. The van der Waals surface area contributed by atoms with Crippen LogP contribution in [0.2, 0.25) is 0 Å². The molecule has 3 aromatic rings. The van der Waals surface area contributed by atoms with Gasteiger partial charge in [0.2, 0.25) is 0 Å². The van der Waals surface area contributed by atoms with E-state index in [9.17, 15) is 19.7 Å². The zero-order valence-corrected chi connectivity index (χ0v) is 62.1. The average Bonchev–Trinajstić information content (AvgIpc) is 0.653. The fourth-order valence-corrected chi connectivity index (χ4v) is 39.7. The fraction of sp³-hybridized carbons (Fsp3) is 0.800. The van der Waals surface area contributed by atoms with Crippen LogP contribution in [0.5, 0.6) is 34.5 Å². The lowest BCUT2D eigenvalue weighted by Crippen LogP contribution is -2.61. The Morgan fingerprint density at radius 3 is 0.625 bits per heavy atom. The molecule has 27 rings (SSSR count). The number of nitrogens with two attached hydrogens (primary N) is 2. The number of benzene rings is 3. The molecule has 0 aromatic heterocycles. The highest BCUT2D eigenvalue weighted by atomic mass is 16.5. The summed E-state index contributed by atoms with van der Waals surface area (Å²) in [6.45, 7) is 32.7. The van der Waals surface area contributed by atoms with E-state index in [0.717, 1.165) is 11.5 Å². The van der Waals surface area contributed by atoms with Gasteiger partial charge in [0.15, 0.2) is 0 Å². The van der Waals surface area contributed by atoms with E-state index in [1.165, 1.54) is 254 Å². The summed E-state index contributed by atoms with van der Waals surface area (Å²) < 4.78 is 18.6. The van der Waals surface area contributed by atoms with Crippen molar-refractivity contribution in [2.75, 3.05) is 11.5 Å². The molecule has 12 unspecified atom stereocenters. The van der Waals surface area contributed by atoms with Crippen LogP contribution in [-0.2, 0) is 32.5 Å². The Labute approximate surface area is 578 Å². The topological polar surface area (TPSA) is 111 Å². The predicted molar refractivity (Wildman–Crippen MR) is 386 cm³/mol. The Kier molecular flexibility index (Phi) is 11.2. The van der Waals surface area contributed by atoms with Gasteiger partial charge in [-0.3, -0.25) is 0 Å². The maximum Gasteiger partial charge on any atom is 0.142 e. The van der Waals surface area contributed by atoms with Gasteiger partial charge >= 0.3 is 0 Å². The second-order valence-corrected chi connectivity index (χ2v) is 47.6. The molecule has 0 amide bonds. The van der Waals surface area contributed by atoms with Crippen LogP contribution in [0.15, 0.2) is 24.3 Å². The van der Waals surface area contributed by atoms with Crippen LogP contribution in [0.4, 0.5) is 11.4 Å². The summed E-state index contributed by atoms with van der Waals surface area (Å²) in [5.41, 5.74) is 26.7. The zero-order chi connectivity index (χ0) is 66.2. The van der Waals surface area contributed by atoms with Crippen LogP contribution in [0, 0.1) is 100 Å². The van der Waals surface area contributed by atoms with Gasteiger partial charge in [-0.1, -0.05) is 83.1 Å². The molecular formula is C90H124N2O4. The Balaban J connectivity index is 0.946. The molecule has 0 spiro atoms. The van der Waals surface area contributed by atoms with Crippen LogP contribution < -0.4 is 20.9 Å². The van der Waals surface area contributed by atoms with E-state index in [-0.39, 0.29) is 109 Å². The van der Waals surface area contributed by atoms with E-state index < -0.39 is 0 Å². The molecule has 24 aliphatic carbocycles. The summed E-state index contributed by atoms with van der Waals surface area (Å²) in [4.78, 5) is 0. The molecule has 0 heterocycles. The second-order valence-electron chi connectivity index (χ2n) is 47.6. The fourth-order valence-electron chi connectivity index (χ4n) is 39.7. The molecule has 24 aliphatic rings. The molecule has 3 aromatic carbocycles. The summed E-state index contributed by atoms with van der Waals surface area (Å²) in [5, 5.41) is 25.6. The number of hydrogen-bond acceptors (Lipinski definition) is 6. The number of nitrogen functional groups attached to an aromatic ring is 2. The highest BCUT2D eigenvalue weighted by molar-refractivity contribution is 5.73. The molecule has 0 radical (unpaired) electrons. The van der Waals surface area contributed by atoms with Gasteiger partial charge in [0.05, 0.1) is 11.4 Å². The number of phenols is 2. The van der Waals surface area contributed by atoms with Crippen molar-refractivity contribution in [3.05, 3.63) is 57.6 Å². The number of phenolic OH excluding ortho intramolecular Hbond substituents is 2. The van der Waals surface area contributed by atoms with E-state index in [0.29, 0.717) is 46.9 Å². The smallest absolute Gasteiger partial charge is 0.142 e. The third-order valence-corrected chi connectivity index (χ3v) is 35.1. The summed E-state index contributed by atoms with van der Waals surface area (Å²) >= 11 is 0. The Hall–Kier alpha value is -3.54. The highest BCUT2D eigenvalue weighted by Crippen LogP contribution is 2.83. The van der Waals surface area contributed by atoms with E-state index in [1.54, 1.807) is 22.3 Å². The minimum atomic E-state index is -0.160. The Morgan fingerprint density at radius 1 is 0.260 bits per heavy atom. The number of rotatable bonds is 10. The highest BCUT2D eigenvalue weighted by Gasteiger charge is 2.72. The molecule has 518 valence electrons. The van der Waals surface area contributed by atoms with Crippen molar-refractivity contribution in [2.24, 2.45) is 100 Å². The van der Waals surface area contributed by atoms with Gasteiger partial charge in [-0.15, -0.1) is 0 Å². The van der Waals surface area contributed by atoms with Crippen molar-refractivity contribution in [3.63, 3.8) is 0 Å². The molecule has 24 fully saturated rings. The van der Waals surface area contributed by atoms with Crippen LogP contribution in [0.1, 0.15) is 348 Å². The van der Waals surface area contributed by atoms with Gasteiger partial charge in [0.1, 0.15) is 34.5 Å². The zero-order valence-electron chi connectivity index (χ0n) is 62.1. The molecule has 0 saturated heterocycles. The van der Waals surface area contributed by atoms with Gasteiger partial charge < -0.3 is 31.2 Å². The molecule has 24 bridgehead atoms. The standard InChI is InChI=1S/C90H124N2O4/c1-73-17-53-18-74(2,35-73)42-85(29-53,41-73)59-13-61(91)63(93)15-65(59)95-71-67(87-31-55-21-77(5,45-87)37-78(6,22-55)46-87)69(89-33-57-25-81(9,49-89)39-82(10,26-57)50-89)72(96-66-16-64(94)62(92)14-60(66)86-30-54-19-75(3,43-86)36-76(4,20-54)44-86)70(90-34-58-27-83(11,51-90)40-84(12,28-58)52-90)68(71)88-32-56-23-79(7,47-88)38-80(8,24-56)48-88/h13-16,53-58,93-94H,17-52,91-92H2,1-12H3. The third kappa shape index (κ3) is 8.35. The first-order valence-electron chi connectivity index (χ1n) is 40.6. The third-order valence-electron chi connectivity index (χ3n) is 35.1. The van der Waals surface area contributed by atoms with Crippen molar-refractivity contribution < 1.29 is 19.7 Å². The van der Waals surface area contributed by atoms with E-state index in [1.807, 2.05) is 0 Å². The predicted octanol–water partition coefficient (Wildman–Crippen LogP) is 23.3. The summed E-state index contributed by atoms with van der Waals surface area (Å²) in [5.74, 6) is 8.86. The molecule has 6 heteroatoms. The minimum Gasteiger partial charge on any atom is -0.506 e. The van der Waals surface area contributed by atoms with E-state index >= 15 is 0 Å². The van der Waals surface area contributed by atoms with Crippen molar-refractivity contribution in [1.82, 2.24) is 0 Å². The second kappa shape index (κ2) is 17.6.